The minimum absolute atomic E-state index is 0.328. The molecule has 0 aliphatic heterocycles. The second-order valence-corrected chi connectivity index (χ2v) is 4.62. The highest BCUT2D eigenvalue weighted by Crippen LogP contribution is 2.26. The lowest BCUT2D eigenvalue weighted by atomic mass is 10.2. The highest BCUT2D eigenvalue weighted by atomic mass is 79.9. The van der Waals surface area contributed by atoms with Gasteiger partial charge in [-0.3, -0.25) is 0 Å². The van der Waals surface area contributed by atoms with E-state index in [1.807, 2.05) is 0 Å². The predicted octanol–water partition coefficient (Wildman–Crippen LogP) is 2.28. The lowest BCUT2D eigenvalue weighted by molar-refractivity contribution is 0.371. The molecular weight excluding hydrogens is 317 g/mol. The molecule has 0 unspecified atom stereocenters. The van der Waals surface area contributed by atoms with Crippen molar-refractivity contribution in [3.63, 3.8) is 0 Å². The van der Waals surface area contributed by atoms with Crippen molar-refractivity contribution in [3.8, 4) is 11.4 Å². The normalized spacial score (nSPS) is 10.8. The van der Waals surface area contributed by atoms with Gasteiger partial charge < -0.3 is 9.09 Å². The summed E-state index contributed by atoms with van der Waals surface area (Å²) in [6.45, 7) is 0.368. The Balaban J connectivity index is 1.90. The van der Waals surface area contributed by atoms with Gasteiger partial charge in [-0.2, -0.15) is 4.98 Å². The van der Waals surface area contributed by atoms with Gasteiger partial charge in [-0.1, -0.05) is 21.1 Å². The van der Waals surface area contributed by atoms with Crippen LogP contribution >= 0.6 is 15.9 Å². The zero-order valence-corrected chi connectivity index (χ0v) is 11.1. The minimum Gasteiger partial charge on any atom is -0.337 e. The summed E-state index contributed by atoms with van der Waals surface area (Å²) >= 11 is 3.32. The zero-order chi connectivity index (χ0) is 13.2. The molecule has 0 saturated carbocycles. The van der Waals surface area contributed by atoms with Crippen LogP contribution in [0, 0.1) is 5.82 Å². The number of hydrogen-bond acceptors (Lipinski definition) is 5. The Kier molecular flexibility index (Phi) is 3.08. The third kappa shape index (κ3) is 2.53. The average molecular weight is 324 g/mol. The molecule has 8 heteroatoms. The van der Waals surface area contributed by atoms with Crippen LogP contribution in [0.2, 0.25) is 0 Å². The maximum atomic E-state index is 13.2. The van der Waals surface area contributed by atoms with E-state index in [1.54, 1.807) is 23.3 Å². The summed E-state index contributed by atoms with van der Waals surface area (Å²) in [5.74, 6) is 0.365. The Morgan fingerprint density at radius 2 is 2.05 bits per heavy atom. The van der Waals surface area contributed by atoms with E-state index in [0.29, 0.717) is 28.3 Å². The number of halogens is 2. The monoisotopic (exact) mass is 323 g/mol. The number of benzene rings is 1. The Hall–Kier alpha value is -2.09. The van der Waals surface area contributed by atoms with E-state index in [4.69, 9.17) is 4.52 Å². The smallest absolute Gasteiger partial charge is 0.246 e. The lowest BCUT2D eigenvalue weighted by Gasteiger charge is -1.98. The number of nitrogens with zero attached hydrogens (tertiary/aromatic N) is 5. The van der Waals surface area contributed by atoms with Gasteiger partial charge in [0.05, 0.1) is 0 Å². The Morgan fingerprint density at radius 1 is 1.26 bits per heavy atom. The summed E-state index contributed by atoms with van der Waals surface area (Å²) in [5, 5.41) is 11.2. The average Bonchev–Trinajstić information content (AvgIpc) is 3.04. The zero-order valence-electron chi connectivity index (χ0n) is 9.49. The number of hydrogen-bond donors (Lipinski definition) is 0. The van der Waals surface area contributed by atoms with Gasteiger partial charge in [-0.15, -0.1) is 10.2 Å². The maximum Gasteiger partial charge on any atom is 0.246 e. The molecule has 0 radical (unpaired) electrons. The molecule has 19 heavy (non-hydrogen) atoms. The molecule has 3 rings (SSSR count). The van der Waals surface area contributed by atoms with Crippen molar-refractivity contribution in [1.82, 2.24) is 24.9 Å². The molecule has 0 fully saturated rings. The molecule has 0 aliphatic rings. The highest BCUT2D eigenvalue weighted by molar-refractivity contribution is 9.10. The molecule has 3 aromatic rings. The van der Waals surface area contributed by atoms with Crippen LogP contribution < -0.4 is 0 Å². The summed E-state index contributed by atoms with van der Waals surface area (Å²) in [7, 11) is 0. The van der Waals surface area contributed by atoms with Crippen molar-refractivity contribution < 1.29 is 8.91 Å². The lowest BCUT2D eigenvalue weighted by Crippen LogP contribution is -1.96. The largest absolute Gasteiger partial charge is 0.337 e. The number of rotatable bonds is 3. The third-order valence-electron chi connectivity index (χ3n) is 2.42. The Labute approximate surface area is 115 Å². The van der Waals surface area contributed by atoms with Gasteiger partial charge in [-0.05, 0) is 18.2 Å². The first-order valence-electron chi connectivity index (χ1n) is 5.33. The van der Waals surface area contributed by atoms with Crippen LogP contribution in [0.1, 0.15) is 5.89 Å². The quantitative estimate of drug-likeness (QED) is 0.739. The molecule has 1 aromatic carbocycles. The topological polar surface area (TPSA) is 69.6 Å². The molecule has 0 N–H and O–H groups in total. The van der Waals surface area contributed by atoms with E-state index in [9.17, 15) is 4.39 Å². The fourth-order valence-corrected chi connectivity index (χ4v) is 1.98. The molecule has 0 saturated heterocycles. The van der Waals surface area contributed by atoms with Crippen LogP contribution in [0.4, 0.5) is 4.39 Å². The second kappa shape index (κ2) is 4.88. The summed E-state index contributed by atoms with van der Waals surface area (Å²) in [6.07, 6.45) is 3.09. The summed E-state index contributed by atoms with van der Waals surface area (Å²) in [6, 6.07) is 4.30. The van der Waals surface area contributed by atoms with Crippen LogP contribution in [0.5, 0.6) is 0 Å². The Morgan fingerprint density at radius 3 is 2.84 bits per heavy atom. The van der Waals surface area contributed by atoms with Gasteiger partial charge in [0.15, 0.2) is 0 Å². The van der Waals surface area contributed by atoms with Crippen molar-refractivity contribution in [1.29, 1.82) is 0 Å². The molecule has 6 nitrogen and oxygen atoms in total. The number of aromatic nitrogens is 5. The van der Waals surface area contributed by atoms with Crippen LogP contribution in [-0.4, -0.2) is 24.9 Å². The highest BCUT2D eigenvalue weighted by Gasteiger charge is 2.12. The van der Waals surface area contributed by atoms with E-state index in [-0.39, 0.29) is 5.82 Å². The maximum absolute atomic E-state index is 13.2. The van der Waals surface area contributed by atoms with E-state index < -0.39 is 0 Å². The standard InChI is InChI=1S/C11H7BrFN5O/c12-9-2-1-7(13)3-8(9)11-16-10(19-17-11)4-18-5-14-15-6-18/h1-3,5-6H,4H2. The molecule has 0 spiro atoms. The summed E-state index contributed by atoms with van der Waals surface area (Å²) in [4.78, 5) is 4.21. The van der Waals surface area contributed by atoms with Gasteiger partial charge in [0, 0.05) is 10.0 Å². The van der Waals surface area contributed by atoms with Crippen molar-refractivity contribution >= 4 is 15.9 Å². The van der Waals surface area contributed by atoms with E-state index in [0.717, 1.165) is 0 Å². The third-order valence-corrected chi connectivity index (χ3v) is 3.11. The second-order valence-electron chi connectivity index (χ2n) is 3.77. The van der Waals surface area contributed by atoms with Gasteiger partial charge in [0.2, 0.25) is 11.7 Å². The van der Waals surface area contributed by atoms with Gasteiger partial charge in [0.25, 0.3) is 0 Å². The molecule has 96 valence electrons. The van der Waals surface area contributed by atoms with Crippen molar-refractivity contribution in [2.45, 2.75) is 6.54 Å². The summed E-state index contributed by atoms with van der Waals surface area (Å²) < 4.78 is 20.7. The molecule has 0 amide bonds. The first-order chi connectivity index (χ1) is 9.22. The van der Waals surface area contributed by atoms with Crippen molar-refractivity contribution in [2.75, 3.05) is 0 Å². The van der Waals surface area contributed by atoms with Crippen molar-refractivity contribution in [3.05, 3.63) is 47.0 Å². The van der Waals surface area contributed by atoms with Gasteiger partial charge >= 0.3 is 0 Å². The van der Waals surface area contributed by atoms with E-state index >= 15 is 0 Å². The van der Waals surface area contributed by atoms with E-state index in [2.05, 4.69) is 36.3 Å². The van der Waals surface area contributed by atoms with Crippen LogP contribution in [0.25, 0.3) is 11.4 Å². The first-order valence-corrected chi connectivity index (χ1v) is 6.12. The fraction of sp³-hybridized carbons (Fsp3) is 0.0909. The molecule has 0 aliphatic carbocycles. The first kappa shape index (κ1) is 12.0. The summed E-state index contributed by atoms with van der Waals surface area (Å²) in [5.41, 5.74) is 0.541. The van der Waals surface area contributed by atoms with Crippen molar-refractivity contribution in [2.24, 2.45) is 0 Å². The molecule has 2 heterocycles. The Bertz CT molecular complexity index is 697. The fourth-order valence-electron chi connectivity index (χ4n) is 1.56. The van der Waals surface area contributed by atoms with Crippen LogP contribution in [0.3, 0.4) is 0 Å². The van der Waals surface area contributed by atoms with Crippen LogP contribution in [-0.2, 0) is 6.54 Å². The van der Waals surface area contributed by atoms with Crippen LogP contribution in [0.15, 0.2) is 39.8 Å². The molecule has 0 bridgehead atoms. The van der Waals surface area contributed by atoms with E-state index in [1.165, 1.54) is 12.1 Å². The minimum atomic E-state index is -0.358. The van der Waals surface area contributed by atoms with Gasteiger partial charge in [-0.25, -0.2) is 4.39 Å². The predicted molar refractivity (Wildman–Crippen MR) is 66.5 cm³/mol. The molecule has 2 aromatic heterocycles. The molecular formula is C11H7BrFN5O. The van der Waals surface area contributed by atoms with Gasteiger partial charge in [0.1, 0.15) is 25.0 Å². The molecule has 0 atom stereocenters. The SMILES string of the molecule is Fc1ccc(Br)c(-c2noc(Cn3cnnc3)n2)c1.